The molecular formula is C13H25NO2S. The quantitative estimate of drug-likeness (QED) is 0.814. The minimum atomic E-state index is -0.657. The number of hydrogen-bond acceptors (Lipinski definition) is 3. The van der Waals surface area contributed by atoms with Gasteiger partial charge in [0.05, 0.1) is 5.60 Å². The van der Waals surface area contributed by atoms with Gasteiger partial charge in [-0.05, 0) is 45.2 Å². The van der Waals surface area contributed by atoms with Crippen molar-refractivity contribution in [2.24, 2.45) is 0 Å². The Bertz CT molecular complexity index is 275. The van der Waals surface area contributed by atoms with Crippen LogP contribution < -0.4 is 0 Å². The molecule has 17 heavy (non-hydrogen) atoms. The third-order valence-electron chi connectivity index (χ3n) is 4.47. The highest BCUT2D eigenvalue weighted by atomic mass is 32.2. The summed E-state index contributed by atoms with van der Waals surface area (Å²) in [5, 5.41) is 11.2. The molecule has 2 bridgehead atoms. The zero-order valence-corrected chi connectivity index (χ0v) is 11.8. The van der Waals surface area contributed by atoms with Crippen LogP contribution in [0.4, 0.5) is 0 Å². The van der Waals surface area contributed by atoms with E-state index in [9.17, 15) is 9.32 Å². The standard InChI is InChI=1S/C13H25NO2S/c1-3-14(4-2)8-7-13(15)9-11-5-6-12(10-13)17(11)16/h11-12,15H,3-10H2,1-2H3. The van der Waals surface area contributed by atoms with E-state index >= 15 is 0 Å². The van der Waals surface area contributed by atoms with Crippen molar-refractivity contribution >= 4 is 10.8 Å². The summed E-state index contributed by atoms with van der Waals surface area (Å²) >= 11 is 0. The van der Waals surface area contributed by atoms with Gasteiger partial charge >= 0.3 is 0 Å². The second-order valence-corrected chi connectivity index (χ2v) is 7.55. The van der Waals surface area contributed by atoms with Crippen LogP contribution in [0.15, 0.2) is 0 Å². The van der Waals surface area contributed by atoms with Gasteiger partial charge in [0.2, 0.25) is 0 Å². The van der Waals surface area contributed by atoms with Crippen molar-refractivity contribution in [3.8, 4) is 0 Å². The average molecular weight is 259 g/mol. The topological polar surface area (TPSA) is 40.5 Å². The fraction of sp³-hybridized carbons (Fsp3) is 1.00. The van der Waals surface area contributed by atoms with Gasteiger partial charge in [-0.1, -0.05) is 13.8 Å². The van der Waals surface area contributed by atoms with E-state index in [2.05, 4.69) is 18.7 Å². The van der Waals surface area contributed by atoms with Gasteiger partial charge in [-0.25, -0.2) is 0 Å². The number of hydrogen-bond donors (Lipinski definition) is 1. The number of fused-ring (bicyclic) bond motifs is 2. The van der Waals surface area contributed by atoms with Gasteiger partial charge in [-0.2, -0.15) is 0 Å². The summed E-state index contributed by atoms with van der Waals surface area (Å²) in [5.74, 6) is 0. The van der Waals surface area contributed by atoms with Gasteiger partial charge in [0.15, 0.2) is 0 Å². The fourth-order valence-electron chi connectivity index (χ4n) is 3.29. The van der Waals surface area contributed by atoms with Crippen LogP contribution in [0, 0.1) is 0 Å². The second kappa shape index (κ2) is 5.37. The van der Waals surface area contributed by atoms with Crippen LogP contribution in [0.25, 0.3) is 0 Å². The molecular weight excluding hydrogens is 234 g/mol. The molecule has 0 aromatic carbocycles. The molecule has 2 rings (SSSR count). The number of nitrogens with zero attached hydrogens (tertiary/aromatic N) is 1. The lowest BCUT2D eigenvalue weighted by atomic mass is 9.90. The fourth-order valence-corrected chi connectivity index (χ4v) is 5.52. The summed E-state index contributed by atoms with van der Waals surface area (Å²) in [4.78, 5) is 2.35. The number of rotatable bonds is 5. The van der Waals surface area contributed by atoms with Crippen LogP contribution in [-0.2, 0) is 10.8 Å². The highest BCUT2D eigenvalue weighted by Crippen LogP contribution is 2.42. The summed E-state index contributed by atoms with van der Waals surface area (Å²) in [6, 6.07) is 0. The van der Waals surface area contributed by atoms with Gasteiger partial charge in [-0.3, -0.25) is 4.21 Å². The molecule has 2 atom stereocenters. The van der Waals surface area contributed by atoms with E-state index in [4.69, 9.17) is 0 Å². The Labute approximate surface area is 107 Å². The molecule has 1 N–H and O–H groups in total. The van der Waals surface area contributed by atoms with Crippen LogP contribution in [0.2, 0.25) is 0 Å². The molecule has 0 radical (unpaired) electrons. The molecule has 0 saturated carbocycles. The molecule has 0 aromatic rings. The zero-order chi connectivity index (χ0) is 12.5. The third-order valence-corrected chi connectivity index (χ3v) is 6.59. The molecule has 4 heteroatoms. The van der Waals surface area contributed by atoms with E-state index in [1.54, 1.807) is 0 Å². The zero-order valence-electron chi connectivity index (χ0n) is 11.0. The van der Waals surface area contributed by atoms with Crippen molar-refractivity contribution in [1.82, 2.24) is 4.90 Å². The largest absolute Gasteiger partial charge is 0.390 e. The highest BCUT2D eigenvalue weighted by molar-refractivity contribution is 7.86. The Kier molecular flexibility index (Phi) is 4.26. The van der Waals surface area contributed by atoms with Crippen LogP contribution in [0.5, 0.6) is 0 Å². The maximum Gasteiger partial charge on any atom is 0.0682 e. The Hall–Kier alpha value is 0.0700. The maximum atomic E-state index is 11.9. The maximum absolute atomic E-state index is 11.9. The number of aliphatic hydroxyl groups is 1. The van der Waals surface area contributed by atoms with Gasteiger partial charge < -0.3 is 10.0 Å². The molecule has 2 heterocycles. The first kappa shape index (κ1) is 13.5. The predicted molar refractivity (Wildman–Crippen MR) is 71.5 cm³/mol. The lowest BCUT2D eigenvalue weighted by Gasteiger charge is -2.37. The summed E-state index contributed by atoms with van der Waals surface area (Å²) in [5.41, 5.74) is -0.539. The lowest BCUT2D eigenvalue weighted by Crippen LogP contribution is -2.44. The SMILES string of the molecule is CCN(CC)CCC1(O)CC2CCC(C1)S2=O. The van der Waals surface area contributed by atoms with Crippen molar-refractivity contribution in [3.05, 3.63) is 0 Å². The first-order chi connectivity index (χ1) is 8.08. The molecule has 2 fully saturated rings. The average Bonchev–Trinajstić information content (AvgIpc) is 2.53. The summed E-state index contributed by atoms with van der Waals surface area (Å²) in [6.45, 7) is 7.38. The summed E-state index contributed by atoms with van der Waals surface area (Å²) < 4.78 is 11.9. The van der Waals surface area contributed by atoms with E-state index in [-0.39, 0.29) is 10.5 Å². The van der Waals surface area contributed by atoms with Crippen LogP contribution in [0.3, 0.4) is 0 Å². The molecule has 2 aliphatic rings. The van der Waals surface area contributed by atoms with Crippen LogP contribution in [0.1, 0.15) is 46.0 Å². The minimum Gasteiger partial charge on any atom is -0.390 e. The van der Waals surface area contributed by atoms with E-state index in [0.29, 0.717) is 0 Å². The molecule has 2 aliphatic heterocycles. The van der Waals surface area contributed by atoms with Crippen molar-refractivity contribution in [3.63, 3.8) is 0 Å². The van der Waals surface area contributed by atoms with Gasteiger partial charge in [-0.15, -0.1) is 0 Å². The molecule has 0 aromatic heterocycles. The molecule has 0 aliphatic carbocycles. The minimum absolute atomic E-state index is 0.274. The third kappa shape index (κ3) is 2.91. The van der Waals surface area contributed by atoms with Gasteiger partial charge in [0.25, 0.3) is 0 Å². The van der Waals surface area contributed by atoms with Crippen molar-refractivity contribution < 1.29 is 9.32 Å². The Morgan fingerprint density at radius 2 is 1.76 bits per heavy atom. The summed E-state index contributed by atoms with van der Waals surface area (Å²) in [7, 11) is -0.657. The second-order valence-electron chi connectivity index (χ2n) is 5.56. The Balaban J connectivity index is 1.90. The normalized spacial score (nSPS) is 41.1. The highest BCUT2D eigenvalue weighted by Gasteiger charge is 2.47. The smallest absolute Gasteiger partial charge is 0.0682 e. The Morgan fingerprint density at radius 1 is 1.24 bits per heavy atom. The molecule has 0 spiro atoms. The predicted octanol–water partition coefficient (Wildman–Crippen LogP) is 1.52. The molecule has 2 saturated heterocycles. The molecule has 100 valence electrons. The summed E-state index contributed by atoms with van der Waals surface area (Å²) in [6.07, 6.45) is 4.49. The van der Waals surface area contributed by atoms with Crippen LogP contribution in [-0.4, -0.2) is 50.0 Å². The van der Waals surface area contributed by atoms with Gasteiger partial charge in [0.1, 0.15) is 0 Å². The first-order valence-electron chi connectivity index (χ1n) is 6.92. The van der Waals surface area contributed by atoms with Crippen molar-refractivity contribution in [1.29, 1.82) is 0 Å². The first-order valence-corrected chi connectivity index (χ1v) is 8.19. The van der Waals surface area contributed by atoms with Crippen molar-refractivity contribution in [2.75, 3.05) is 19.6 Å². The van der Waals surface area contributed by atoms with E-state index < -0.39 is 16.4 Å². The van der Waals surface area contributed by atoms with Crippen molar-refractivity contribution in [2.45, 2.75) is 62.1 Å². The van der Waals surface area contributed by atoms with Gasteiger partial charge in [0, 0.05) is 27.8 Å². The van der Waals surface area contributed by atoms with E-state index in [1.807, 2.05) is 0 Å². The lowest BCUT2D eigenvalue weighted by molar-refractivity contribution is 0.00608. The Morgan fingerprint density at radius 3 is 2.24 bits per heavy atom. The molecule has 0 amide bonds. The van der Waals surface area contributed by atoms with Crippen LogP contribution >= 0.6 is 0 Å². The molecule has 3 nitrogen and oxygen atoms in total. The molecule has 2 unspecified atom stereocenters. The van der Waals surface area contributed by atoms with E-state index in [1.165, 1.54) is 0 Å². The monoisotopic (exact) mass is 259 g/mol. The van der Waals surface area contributed by atoms with E-state index in [0.717, 1.165) is 51.7 Å².